The van der Waals surface area contributed by atoms with Gasteiger partial charge in [-0.15, -0.1) is 0 Å². The second-order valence-corrected chi connectivity index (χ2v) is 9.01. The van der Waals surface area contributed by atoms with E-state index in [1.165, 1.54) is 24.3 Å². The van der Waals surface area contributed by atoms with E-state index in [1.807, 2.05) is 0 Å². The molecule has 0 heterocycles. The topological polar surface area (TPSA) is 113 Å². The van der Waals surface area contributed by atoms with Crippen LogP contribution in [0.4, 0.5) is 15.8 Å². The zero-order valence-electron chi connectivity index (χ0n) is 15.1. The van der Waals surface area contributed by atoms with E-state index in [0.29, 0.717) is 5.69 Å². The van der Waals surface area contributed by atoms with Crippen molar-refractivity contribution >= 4 is 55.9 Å². The predicted molar refractivity (Wildman–Crippen MR) is 118 cm³/mol. The highest BCUT2D eigenvalue weighted by Gasteiger charge is 2.17. The minimum atomic E-state index is -3.85. The molecule has 0 aliphatic heterocycles. The minimum Gasteiger partial charge on any atom is -0.478 e. The molecule has 0 spiro atoms. The maximum Gasteiger partial charge on any atom is 0.337 e. The van der Waals surface area contributed by atoms with Gasteiger partial charge in [-0.3, -0.25) is 9.52 Å². The second-order valence-electron chi connectivity index (χ2n) is 6.09. The number of benzene rings is 3. The average Bonchev–Trinajstić information content (AvgIpc) is 2.71. The number of amides is 1. The van der Waals surface area contributed by atoms with Crippen LogP contribution >= 0.6 is 22.6 Å². The summed E-state index contributed by atoms with van der Waals surface area (Å²) in [6.45, 7) is 0. The SMILES string of the molecule is O=C(Nc1ccc(F)cc1C(=O)O)c1ccc(S(=O)(=O)Nc2ccc(I)cc2)cc1. The van der Waals surface area contributed by atoms with Gasteiger partial charge < -0.3 is 10.4 Å². The van der Waals surface area contributed by atoms with Crippen LogP contribution in [0.15, 0.2) is 71.6 Å². The van der Waals surface area contributed by atoms with Crippen LogP contribution in [0.25, 0.3) is 0 Å². The quantitative estimate of drug-likeness (QED) is 0.407. The maximum absolute atomic E-state index is 13.3. The Hall–Kier alpha value is -2.99. The number of anilines is 2. The van der Waals surface area contributed by atoms with Gasteiger partial charge >= 0.3 is 5.97 Å². The summed E-state index contributed by atoms with van der Waals surface area (Å²) in [5, 5.41) is 11.5. The third kappa shape index (κ3) is 5.13. The first kappa shape index (κ1) is 21.7. The lowest BCUT2D eigenvalue weighted by molar-refractivity contribution is 0.0697. The monoisotopic (exact) mass is 540 g/mol. The van der Waals surface area contributed by atoms with Crippen molar-refractivity contribution in [3.63, 3.8) is 0 Å². The van der Waals surface area contributed by atoms with E-state index in [9.17, 15) is 22.4 Å². The number of halogens is 2. The molecular formula is C20H14FIN2O5S. The number of nitrogens with one attached hydrogen (secondary N) is 2. The fourth-order valence-corrected chi connectivity index (χ4v) is 3.93. The van der Waals surface area contributed by atoms with Gasteiger partial charge in [-0.1, -0.05) is 0 Å². The first-order chi connectivity index (χ1) is 14.2. The number of aromatic carboxylic acids is 1. The van der Waals surface area contributed by atoms with Crippen LogP contribution in [0.5, 0.6) is 0 Å². The van der Waals surface area contributed by atoms with Gasteiger partial charge in [-0.05, 0) is 89.3 Å². The largest absolute Gasteiger partial charge is 0.478 e. The van der Waals surface area contributed by atoms with Crippen molar-refractivity contribution in [1.82, 2.24) is 0 Å². The lowest BCUT2D eigenvalue weighted by Gasteiger charge is -2.10. The van der Waals surface area contributed by atoms with Gasteiger partial charge in [0.25, 0.3) is 15.9 Å². The Morgan fingerprint density at radius 1 is 0.933 bits per heavy atom. The Kier molecular flexibility index (Phi) is 6.37. The number of carbonyl (C=O) groups is 2. The van der Waals surface area contributed by atoms with E-state index in [4.69, 9.17) is 5.11 Å². The Balaban J connectivity index is 1.77. The molecule has 3 aromatic carbocycles. The predicted octanol–water partition coefficient (Wildman–Crippen LogP) is 4.18. The summed E-state index contributed by atoms with van der Waals surface area (Å²) < 4.78 is 41.7. The summed E-state index contributed by atoms with van der Waals surface area (Å²) in [4.78, 5) is 23.6. The van der Waals surface area contributed by atoms with Crippen molar-refractivity contribution in [2.24, 2.45) is 0 Å². The van der Waals surface area contributed by atoms with E-state index in [1.54, 1.807) is 24.3 Å². The summed E-state index contributed by atoms with van der Waals surface area (Å²) >= 11 is 2.10. The standard InChI is InChI=1S/C20H14FIN2O5S/c21-13-3-10-18(17(11-13)20(26)27)23-19(25)12-1-8-16(9-2-12)30(28,29)24-15-6-4-14(22)5-7-15/h1-11,24H,(H,23,25)(H,26,27). The van der Waals surface area contributed by atoms with Crippen LogP contribution in [0, 0.1) is 9.39 Å². The highest BCUT2D eigenvalue weighted by atomic mass is 127. The first-order valence-corrected chi connectivity index (χ1v) is 10.9. The Morgan fingerprint density at radius 2 is 1.57 bits per heavy atom. The molecule has 1 amide bonds. The molecule has 0 radical (unpaired) electrons. The summed E-state index contributed by atoms with van der Waals surface area (Å²) in [7, 11) is -3.85. The molecule has 0 aliphatic rings. The van der Waals surface area contributed by atoms with Crippen molar-refractivity contribution in [1.29, 1.82) is 0 Å². The van der Waals surface area contributed by atoms with Gasteiger partial charge in [0.1, 0.15) is 5.82 Å². The summed E-state index contributed by atoms with van der Waals surface area (Å²) in [5.41, 5.74) is 0.0221. The molecule has 30 heavy (non-hydrogen) atoms. The molecule has 3 aromatic rings. The number of carboxylic acids is 1. The number of hydrogen-bond donors (Lipinski definition) is 3. The fourth-order valence-electron chi connectivity index (χ4n) is 2.51. The van der Waals surface area contributed by atoms with E-state index >= 15 is 0 Å². The first-order valence-electron chi connectivity index (χ1n) is 8.38. The van der Waals surface area contributed by atoms with Crippen molar-refractivity contribution in [2.75, 3.05) is 10.0 Å². The third-order valence-corrected chi connectivity index (χ3v) is 6.10. The number of rotatable bonds is 6. The molecule has 0 saturated carbocycles. The number of carboxylic acid groups (broad SMARTS) is 1. The fraction of sp³-hybridized carbons (Fsp3) is 0. The van der Waals surface area contributed by atoms with Gasteiger partial charge in [0.15, 0.2) is 0 Å². The van der Waals surface area contributed by atoms with E-state index < -0.39 is 33.3 Å². The lowest BCUT2D eigenvalue weighted by Crippen LogP contribution is -2.16. The van der Waals surface area contributed by atoms with E-state index in [0.717, 1.165) is 21.8 Å². The van der Waals surface area contributed by atoms with Crippen LogP contribution in [-0.4, -0.2) is 25.4 Å². The van der Waals surface area contributed by atoms with Crippen LogP contribution in [-0.2, 0) is 10.0 Å². The molecule has 0 aliphatic carbocycles. The average molecular weight is 540 g/mol. The molecule has 3 N–H and O–H groups in total. The summed E-state index contributed by atoms with van der Waals surface area (Å²) in [5.74, 6) is -2.81. The van der Waals surface area contributed by atoms with Gasteiger partial charge in [0, 0.05) is 14.8 Å². The van der Waals surface area contributed by atoms with Gasteiger partial charge in [0.2, 0.25) is 0 Å². The van der Waals surface area contributed by atoms with Crippen LogP contribution in [0.2, 0.25) is 0 Å². The third-order valence-electron chi connectivity index (χ3n) is 3.98. The molecule has 154 valence electrons. The Labute approximate surface area is 185 Å². The molecular weight excluding hydrogens is 526 g/mol. The zero-order valence-corrected chi connectivity index (χ0v) is 18.1. The number of sulfonamides is 1. The molecule has 0 bridgehead atoms. The van der Waals surface area contributed by atoms with Crippen molar-refractivity contribution in [2.45, 2.75) is 4.90 Å². The summed E-state index contributed by atoms with van der Waals surface area (Å²) in [6, 6.07) is 14.8. The minimum absolute atomic E-state index is 0.0504. The highest BCUT2D eigenvalue weighted by Crippen LogP contribution is 2.20. The van der Waals surface area contributed by atoms with Gasteiger partial charge in [-0.2, -0.15) is 0 Å². The van der Waals surface area contributed by atoms with Crippen molar-refractivity contribution < 1.29 is 27.5 Å². The molecule has 0 fully saturated rings. The van der Waals surface area contributed by atoms with E-state index in [2.05, 4.69) is 32.6 Å². The van der Waals surface area contributed by atoms with Crippen molar-refractivity contribution in [3.05, 3.63) is 87.2 Å². The molecule has 0 aromatic heterocycles. The smallest absolute Gasteiger partial charge is 0.337 e. The Bertz CT molecular complexity index is 1210. The molecule has 3 rings (SSSR count). The highest BCUT2D eigenvalue weighted by molar-refractivity contribution is 14.1. The second kappa shape index (κ2) is 8.79. The normalized spacial score (nSPS) is 11.0. The van der Waals surface area contributed by atoms with Crippen LogP contribution < -0.4 is 10.0 Å². The van der Waals surface area contributed by atoms with Gasteiger partial charge in [0.05, 0.1) is 16.1 Å². The lowest BCUT2D eigenvalue weighted by atomic mass is 10.1. The maximum atomic E-state index is 13.3. The number of carbonyl (C=O) groups excluding carboxylic acids is 1. The molecule has 0 unspecified atom stereocenters. The van der Waals surface area contributed by atoms with Gasteiger partial charge in [-0.25, -0.2) is 17.6 Å². The molecule has 10 heteroatoms. The molecule has 0 atom stereocenters. The Morgan fingerprint density at radius 3 is 2.17 bits per heavy atom. The zero-order chi connectivity index (χ0) is 21.9. The summed E-state index contributed by atoms with van der Waals surface area (Å²) in [6.07, 6.45) is 0. The molecule has 0 saturated heterocycles. The van der Waals surface area contributed by atoms with Crippen LogP contribution in [0.1, 0.15) is 20.7 Å². The van der Waals surface area contributed by atoms with Crippen LogP contribution in [0.3, 0.4) is 0 Å². The van der Waals surface area contributed by atoms with E-state index in [-0.39, 0.29) is 16.1 Å². The molecule has 7 nitrogen and oxygen atoms in total. The number of hydrogen-bond acceptors (Lipinski definition) is 4. The van der Waals surface area contributed by atoms with Crippen molar-refractivity contribution in [3.8, 4) is 0 Å².